The summed E-state index contributed by atoms with van der Waals surface area (Å²) in [6, 6.07) is 3.22. The molecule has 1 aromatic heterocycles. The molecule has 6 nitrogen and oxygen atoms in total. The normalized spacial score (nSPS) is 13.0. The van der Waals surface area contributed by atoms with Crippen molar-refractivity contribution in [2.75, 3.05) is 11.9 Å². The Morgan fingerprint density at radius 2 is 1.96 bits per heavy atom. The van der Waals surface area contributed by atoms with E-state index in [9.17, 15) is 22.8 Å². The molecule has 9 heteroatoms. The van der Waals surface area contributed by atoms with Gasteiger partial charge in [0, 0.05) is 23.2 Å². The summed E-state index contributed by atoms with van der Waals surface area (Å²) in [5.41, 5.74) is 8.82. The maximum absolute atomic E-state index is 13.0. The number of carbonyl (C=O) groups excluding carboxylic acids is 1. The average molecular weight is 357 g/mol. The van der Waals surface area contributed by atoms with Crippen LogP contribution in [0.3, 0.4) is 0 Å². The first-order valence-electron chi connectivity index (χ1n) is 7.64. The molecule has 0 saturated carbocycles. The number of anilines is 1. The zero-order chi connectivity index (χ0) is 18.6. The van der Waals surface area contributed by atoms with Crippen LogP contribution in [-0.4, -0.2) is 18.5 Å². The molecule has 1 unspecified atom stereocenters. The van der Waals surface area contributed by atoms with E-state index in [1.54, 1.807) is 0 Å². The van der Waals surface area contributed by atoms with Gasteiger partial charge < -0.3 is 21.2 Å². The molecule has 0 radical (unpaired) electrons. The van der Waals surface area contributed by atoms with Crippen molar-refractivity contribution in [3.05, 3.63) is 40.2 Å². The Kier molecular flexibility index (Phi) is 5.81. The molecule has 2 rings (SSSR count). The fraction of sp³-hybridized carbons (Fsp3) is 0.375. The van der Waals surface area contributed by atoms with Crippen molar-refractivity contribution in [3.8, 4) is 0 Å². The summed E-state index contributed by atoms with van der Waals surface area (Å²) in [6.07, 6.45) is -2.83. The quantitative estimate of drug-likeness (QED) is 0.542. The molecule has 1 aromatic carbocycles. The van der Waals surface area contributed by atoms with Crippen LogP contribution in [0.1, 0.15) is 24.8 Å². The van der Waals surface area contributed by atoms with E-state index in [2.05, 4.69) is 5.32 Å². The Hall–Kier alpha value is -2.39. The smallest absolute Gasteiger partial charge is 0.417 e. The topological polar surface area (TPSA) is 111 Å². The Bertz CT molecular complexity index is 818. The van der Waals surface area contributed by atoms with E-state index in [0.717, 1.165) is 18.6 Å². The lowest BCUT2D eigenvalue weighted by atomic mass is 10.1. The van der Waals surface area contributed by atoms with Crippen LogP contribution in [0.2, 0.25) is 0 Å². The maximum atomic E-state index is 13.0. The highest BCUT2D eigenvalue weighted by molar-refractivity contribution is 5.96. The summed E-state index contributed by atoms with van der Waals surface area (Å²) >= 11 is 0. The van der Waals surface area contributed by atoms with Gasteiger partial charge in [-0.25, -0.2) is 4.79 Å². The fourth-order valence-corrected chi connectivity index (χ4v) is 2.35. The fourth-order valence-electron chi connectivity index (χ4n) is 2.35. The third-order valence-electron chi connectivity index (χ3n) is 3.62. The molecule has 0 aliphatic heterocycles. The standard InChI is InChI=1S/C16H18F3N3O3/c17-16(18,19)11-8-14(23)25-13-7-9(4-5-10(11)13)22-15(24)12(21)3-1-2-6-20/h4-5,7-8,12H,1-3,6,20-21H2,(H,22,24). The number of unbranched alkanes of at least 4 members (excludes halogenated alkanes) is 1. The summed E-state index contributed by atoms with van der Waals surface area (Å²) in [5, 5.41) is 2.23. The van der Waals surface area contributed by atoms with Crippen LogP contribution in [0.25, 0.3) is 11.0 Å². The van der Waals surface area contributed by atoms with Gasteiger partial charge in [-0.1, -0.05) is 6.42 Å². The van der Waals surface area contributed by atoms with Gasteiger partial charge in [0.25, 0.3) is 0 Å². The summed E-state index contributed by atoms with van der Waals surface area (Å²) in [4.78, 5) is 23.4. The van der Waals surface area contributed by atoms with Crippen molar-refractivity contribution in [1.29, 1.82) is 0 Å². The van der Waals surface area contributed by atoms with Gasteiger partial charge in [-0.3, -0.25) is 4.79 Å². The number of alkyl halides is 3. The second kappa shape index (κ2) is 7.66. The van der Waals surface area contributed by atoms with E-state index in [-0.39, 0.29) is 16.7 Å². The molecule has 0 fully saturated rings. The molecule has 0 saturated heterocycles. The predicted molar refractivity (Wildman–Crippen MR) is 87.0 cm³/mol. The number of hydrogen-bond acceptors (Lipinski definition) is 5. The lowest BCUT2D eigenvalue weighted by Crippen LogP contribution is -2.35. The summed E-state index contributed by atoms with van der Waals surface area (Å²) in [7, 11) is 0. The van der Waals surface area contributed by atoms with E-state index in [1.165, 1.54) is 6.07 Å². The van der Waals surface area contributed by atoms with Gasteiger partial charge in [0.1, 0.15) is 5.58 Å². The van der Waals surface area contributed by atoms with E-state index in [1.807, 2.05) is 0 Å². The Morgan fingerprint density at radius 1 is 1.24 bits per heavy atom. The van der Waals surface area contributed by atoms with Crippen LogP contribution >= 0.6 is 0 Å². The molecule has 1 atom stereocenters. The van der Waals surface area contributed by atoms with Crippen molar-refractivity contribution >= 4 is 22.6 Å². The van der Waals surface area contributed by atoms with Crippen molar-refractivity contribution < 1.29 is 22.4 Å². The second-order valence-electron chi connectivity index (χ2n) is 5.57. The third-order valence-corrected chi connectivity index (χ3v) is 3.62. The van der Waals surface area contributed by atoms with Crippen LogP contribution in [0.4, 0.5) is 18.9 Å². The molecular weight excluding hydrogens is 339 g/mol. The highest BCUT2D eigenvalue weighted by Crippen LogP contribution is 2.34. The van der Waals surface area contributed by atoms with E-state index in [0.29, 0.717) is 25.5 Å². The van der Waals surface area contributed by atoms with Crippen molar-refractivity contribution in [3.63, 3.8) is 0 Å². The van der Waals surface area contributed by atoms with Gasteiger partial charge in [-0.05, 0) is 31.5 Å². The lowest BCUT2D eigenvalue weighted by Gasteiger charge is -2.13. The number of halogens is 3. The molecule has 0 aliphatic carbocycles. The molecule has 0 aliphatic rings. The predicted octanol–water partition coefficient (Wildman–Crippen LogP) is 2.21. The summed E-state index contributed by atoms with van der Waals surface area (Å²) < 4.78 is 43.8. The molecule has 2 aromatic rings. The van der Waals surface area contributed by atoms with Gasteiger partial charge >= 0.3 is 11.8 Å². The molecule has 1 heterocycles. The number of rotatable bonds is 6. The maximum Gasteiger partial charge on any atom is 0.417 e. The Morgan fingerprint density at radius 3 is 2.60 bits per heavy atom. The third kappa shape index (κ3) is 4.80. The highest BCUT2D eigenvalue weighted by Gasteiger charge is 2.33. The van der Waals surface area contributed by atoms with Gasteiger partial charge in [-0.2, -0.15) is 13.2 Å². The number of hydrogen-bond donors (Lipinski definition) is 3. The zero-order valence-corrected chi connectivity index (χ0v) is 13.2. The Labute approximate surface area is 141 Å². The first-order valence-corrected chi connectivity index (χ1v) is 7.64. The van der Waals surface area contributed by atoms with Crippen LogP contribution in [0, 0.1) is 0 Å². The number of nitrogens with two attached hydrogens (primary N) is 2. The monoisotopic (exact) mass is 357 g/mol. The molecular formula is C16H18F3N3O3. The first kappa shape index (κ1) is 18.9. The van der Waals surface area contributed by atoms with Crippen LogP contribution in [-0.2, 0) is 11.0 Å². The summed E-state index contributed by atoms with van der Waals surface area (Å²) in [6.45, 7) is 0.500. The Balaban J connectivity index is 2.24. The largest absolute Gasteiger partial charge is 0.423 e. The molecule has 25 heavy (non-hydrogen) atoms. The average Bonchev–Trinajstić information content (AvgIpc) is 2.52. The molecule has 0 bridgehead atoms. The molecule has 136 valence electrons. The zero-order valence-electron chi connectivity index (χ0n) is 13.2. The number of carbonyl (C=O) groups is 1. The van der Waals surface area contributed by atoms with Crippen LogP contribution < -0.4 is 22.4 Å². The van der Waals surface area contributed by atoms with E-state index >= 15 is 0 Å². The van der Waals surface area contributed by atoms with Gasteiger partial charge in [0.05, 0.1) is 11.6 Å². The van der Waals surface area contributed by atoms with Crippen molar-refractivity contribution in [1.82, 2.24) is 0 Å². The van der Waals surface area contributed by atoms with Crippen LogP contribution in [0.15, 0.2) is 33.5 Å². The lowest BCUT2D eigenvalue weighted by molar-refractivity contribution is -0.136. The summed E-state index contributed by atoms with van der Waals surface area (Å²) in [5.74, 6) is -0.481. The minimum Gasteiger partial charge on any atom is -0.423 e. The SMILES string of the molecule is NCCCCC(N)C(=O)Nc1ccc2c(C(F)(F)F)cc(=O)oc2c1. The second-order valence-corrected chi connectivity index (χ2v) is 5.57. The number of benzene rings is 1. The minimum absolute atomic E-state index is 0.189. The number of amides is 1. The van der Waals surface area contributed by atoms with Crippen LogP contribution in [0.5, 0.6) is 0 Å². The van der Waals surface area contributed by atoms with Gasteiger partial charge in [-0.15, -0.1) is 0 Å². The van der Waals surface area contributed by atoms with E-state index < -0.39 is 29.3 Å². The molecule has 0 spiro atoms. The van der Waals surface area contributed by atoms with Gasteiger partial charge in [0.2, 0.25) is 5.91 Å². The minimum atomic E-state index is -4.69. The molecule has 1 amide bonds. The van der Waals surface area contributed by atoms with E-state index in [4.69, 9.17) is 15.9 Å². The molecule has 5 N–H and O–H groups in total. The van der Waals surface area contributed by atoms with Crippen molar-refractivity contribution in [2.45, 2.75) is 31.5 Å². The number of fused-ring (bicyclic) bond motifs is 1. The van der Waals surface area contributed by atoms with Gasteiger partial charge in [0.15, 0.2) is 0 Å². The highest BCUT2D eigenvalue weighted by atomic mass is 19.4. The first-order chi connectivity index (χ1) is 11.7. The number of nitrogens with one attached hydrogen (secondary N) is 1. The van der Waals surface area contributed by atoms with Crippen molar-refractivity contribution in [2.24, 2.45) is 11.5 Å².